The average molecular weight is 340 g/mol. The quantitative estimate of drug-likeness (QED) is 0.579. The molecule has 1 saturated carbocycles. The molecule has 2 heterocycles. The summed E-state index contributed by atoms with van der Waals surface area (Å²) in [7, 11) is 0. The summed E-state index contributed by atoms with van der Waals surface area (Å²) in [6, 6.07) is 1.28. The lowest BCUT2D eigenvalue weighted by Crippen LogP contribution is -2.14. The first-order chi connectivity index (χ1) is 11.9. The molecule has 0 radical (unpaired) electrons. The van der Waals surface area contributed by atoms with Crippen LogP contribution < -0.4 is 17.0 Å². The van der Waals surface area contributed by atoms with Gasteiger partial charge in [0, 0.05) is 17.2 Å². The zero-order valence-electron chi connectivity index (χ0n) is 13.2. The Balaban J connectivity index is 1.92. The summed E-state index contributed by atoms with van der Waals surface area (Å²) in [6.45, 7) is 0. The number of nitrogen functional groups attached to an aromatic ring is 2. The summed E-state index contributed by atoms with van der Waals surface area (Å²) < 4.78 is 0. The maximum Gasteiger partial charge on any atom is 0.252 e. The maximum absolute atomic E-state index is 12.6. The second-order valence-electron chi connectivity index (χ2n) is 5.58. The average Bonchev–Trinajstić information content (AvgIpc) is 2.54. The molecule has 0 bridgehead atoms. The van der Waals surface area contributed by atoms with Crippen LogP contribution in [0.5, 0.6) is 5.75 Å². The van der Waals surface area contributed by atoms with E-state index < -0.39 is 0 Å². The number of anilines is 2. The number of ketones is 1. The van der Waals surface area contributed by atoms with Crippen LogP contribution in [-0.4, -0.2) is 30.8 Å². The molecule has 128 valence electrons. The van der Waals surface area contributed by atoms with Gasteiger partial charge in [-0.05, 0) is 31.4 Å². The second-order valence-corrected chi connectivity index (χ2v) is 5.58. The van der Waals surface area contributed by atoms with Crippen molar-refractivity contribution in [2.45, 2.75) is 19.3 Å². The minimum absolute atomic E-state index is 0.00802. The Morgan fingerprint density at radius 1 is 1.12 bits per heavy atom. The number of hydrogen-bond donors (Lipinski definition) is 4. The summed E-state index contributed by atoms with van der Waals surface area (Å²) >= 11 is 0. The van der Waals surface area contributed by atoms with E-state index in [-0.39, 0.29) is 34.7 Å². The number of H-pyrrole nitrogens is 1. The van der Waals surface area contributed by atoms with Crippen molar-refractivity contribution in [2.75, 3.05) is 11.5 Å². The topological polar surface area (TPSA) is 161 Å². The Morgan fingerprint density at radius 3 is 2.52 bits per heavy atom. The smallest absolute Gasteiger partial charge is 0.252 e. The summed E-state index contributed by atoms with van der Waals surface area (Å²) in [6.07, 6.45) is 6.20. The van der Waals surface area contributed by atoms with Gasteiger partial charge in [-0.3, -0.25) is 14.6 Å². The molecule has 0 saturated heterocycles. The highest BCUT2D eigenvalue weighted by molar-refractivity contribution is 6.13. The summed E-state index contributed by atoms with van der Waals surface area (Å²) in [4.78, 5) is 38.3. The van der Waals surface area contributed by atoms with Crippen molar-refractivity contribution >= 4 is 29.7 Å². The fraction of sp³-hybridized carbons (Fsp3) is 0.188. The van der Waals surface area contributed by atoms with Crippen molar-refractivity contribution in [1.29, 1.82) is 0 Å². The number of nitrogens with one attached hydrogen (secondary N) is 1. The normalized spacial score (nSPS) is 18.0. The molecule has 0 aliphatic heterocycles. The highest BCUT2D eigenvalue weighted by Crippen LogP contribution is 2.27. The van der Waals surface area contributed by atoms with Gasteiger partial charge >= 0.3 is 0 Å². The molecule has 0 amide bonds. The van der Waals surface area contributed by atoms with Crippen molar-refractivity contribution in [1.82, 2.24) is 19.9 Å². The van der Waals surface area contributed by atoms with E-state index in [2.05, 4.69) is 19.9 Å². The van der Waals surface area contributed by atoms with Crippen LogP contribution in [0.2, 0.25) is 0 Å². The molecule has 1 aliphatic carbocycles. The van der Waals surface area contributed by atoms with Gasteiger partial charge in [-0.2, -0.15) is 0 Å². The number of rotatable bonds is 2. The Hall–Kier alpha value is -3.49. The highest BCUT2D eigenvalue weighted by atomic mass is 16.3. The molecule has 0 unspecified atom stereocenters. The van der Waals surface area contributed by atoms with Gasteiger partial charge in [-0.1, -0.05) is 0 Å². The molecule has 2 aromatic rings. The van der Waals surface area contributed by atoms with Crippen molar-refractivity contribution < 1.29 is 9.90 Å². The third kappa shape index (κ3) is 3.71. The molecule has 1 aliphatic rings. The van der Waals surface area contributed by atoms with Crippen LogP contribution in [0, 0.1) is 0 Å². The summed E-state index contributed by atoms with van der Waals surface area (Å²) in [5.41, 5.74) is 12.1. The largest absolute Gasteiger partial charge is 0.503 e. The van der Waals surface area contributed by atoms with E-state index in [9.17, 15) is 14.7 Å². The number of carbonyl (C=O) groups is 1. The van der Waals surface area contributed by atoms with E-state index in [4.69, 9.17) is 11.5 Å². The summed E-state index contributed by atoms with van der Waals surface area (Å²) in [5.74, 6) is -0.188. The zero-order chi connectivity index (χ0) is 18.0. The number of Topliss-reactive ketones (excluding diaryl/α,β-unsaturated/α-hetero) is 1. The van der Waals surface area contributed by atoms with Crippen LogP contribution >= 0.6 is 0 Å². The van der Waals surface area contributed by atoms with E-state index in [1.807, 2.05) is 0 Å². The summed E-state index contributed by atoms with van der Waals surface area (Å²) in [5, 5.41) is 9.36. The maximum atomic E-state index is 12.6. The predicted molar refractivity (Wildman–Crippen MR) is 92.2 cm³/mol. The zero-order valence-corrected chi connectivity index (χ0v) is 13.2. The molecule has 0 aromatic carbocycles. The number of aromatic amines is 1. The van der Waals surface area contributed by atoms with Gasteiger partial charge in [-0.25, -0.2) is 15.0 Å². The molecule has 25 heavy (non-hydrogen) atoms. The fourth-order valence-electron chi connectivity index (χ4n) is 2.55. The van der Waals surface area contributed by atoms with Gasteiger partial charge in [-0.15, -0.1) is 0 Å². The first-order valence-electron chi connectivity index (χ1n) is 7.56. The number of nitrogens with two attached hydrogens (primary N) is 2. The number of aromatic nitrogens is 4. The van der Waals surface area contributed by atoms with Crippen molar-refractivity contribution in [3.63, 3.8) is 0 Å². The molecule has 6 N–H and O–H groups in total. The lowest BCUT2D eigenvalue weighted by Gasteiger charge is -2.16. The van der Waals surface area contributed by atoms with Gasteiger partial charge in [0.25, 0.3) is 5.56 Å². The number of aromatic hydroxyl groups is 1. The Bertz CT molecular complexity index is 961. The fourth-order valence-corrected chi connectivity index (χ4v) is 2.55. The van der Waals surface area contributed by atoms with Crippen molar-refractivity contribution in [2.24, 2.45) is 0 Å². The molecule has 9 nitrogen and oxygen atoms in total. The molecular formula is C16H16N6O3. The number of carbonyl (C=O) groups excluding carboxylic acids is 1. The lowest BCUT2D eigenvalue weighted by atomic mass is 9.88. The number of allylic oxidation sites excluding steroid dienone is 2. The second kappa shape index (κ2) is 6.56. The number of hydrogen-bond acceptors (Lipinski definition) is 8. The van der Waals surface area contributed by atoms with Gasteiger partial charge in [0.05, 0.1) is 11.9 Å². The van der Waals surface area contributed by atoms with Crippen LogP contribution in [0.3, 0.4) is 0 Å². The van der Waals surface area contributed by atoms with Crippen LogP contribution in [0.15, 0.2) is 28.2 Å². The van der Waals surface area contributed by atoms with Crippen molar-refractivity contribution in [3.8, 4) is 5.75 Å². The SMILES string of the molecule is Nc1nc(/C=C2\CCC/C(=C\c3ncc(O)c(N)n3)C2=O)cc(=O)[nH]1. The van der Waals surface area contributed by atoms with Crippen LogP contribution in [0.4, 0.5) is 11.8 Å². The predicted octanol–water partition coefficient (Wildman–Crippen LogP) is 0.650. The van der Waals surface area contributed by atoms with Gasteiger partial charge in [0.2, 0.25) is 5.95 Å². The minimum atomic E-state index is -0.383. The molecule has 0 atom stereocenters. The molecule has 3 rings (SSSR count). The van der Waals surface area contributed by atoms with E-state index >= 15 is 0 Å². The highest BCUT2D eigenvalue weighted by Gasteiger charge is 2.21. The first kappa shape index (κ1) is 16.4. The molecule has 1 fully saturated rings. The van der Waals surface area contributed by atoms with Crippen LogP contribution in [0.1, 0.15) is 30.8 Å². The Morgan fingerprint density at radius 2 is 1.84 bits per heavy atom. The number of nitrogens with zero attached hydrogens (tertiary/aromatic N) is 3. The third-order valence-electron chi connectivity index (χ3n) is 3.70. The first-order valence-corrected chi connectivity index (χ1v) is 7.56. The Labute approximate surface area is 142 Å². The van der Waals surface area contributed by atoms with E-state index in [1.54, 1.807) is 12.2 Å². The molecule has 0 spiro atoms. The third-order valence-corrected chi connectivity index (χ3v) is 3.70. The van der Waals surface area contributed by atoms with Crippen LogP contribution in [-0.2, 0) is 4.79 Å². The monoisotopic (exact) mass is 340 g/mol. The molecular weight excluding hydrogens is 324 g/mol. The standard InChI is InChI=1S/C16H16N6O3/c17-15-11(23)7-19-12(21-15)5-9-3-1-2-8(14(9)25)4-10-6-13(24)22-16(18)20-10/h4-7,23H,1-3H2,(H2,17,19,21)(H3,18,20,22,24)/b8-4+,9-5+. The van der Waals surface area contributed by atoms with Gasteiger partial charge in [0.1, 0.15) is 0 Å². The molecule has 2 aromatic heterocycles. The Kier molecular flexibility index (Phi) is 4.29. The van der Waals surface area contributed by atoms with E-state index in [0.717, 1.165) is 6.42 Å². The van der Waals surface area contributed by atoms with Crippen LogP contribution in [0.25, 0.3) is 12.2 Å². The minimum Gasteiger partial charge on any atom is -0.503 e. The van der Waals surface area contributed by atoms with Crippen molar-refractivity contribution in [3.05, 3.63) is 45.3 Å². The molecule has 9 heteroatoms. The van der Waals surface area contributed by atoms with Gasteiger partial charge < -0.3 is 16.6 Å². The lowest BCUT2D eigenvalue weighted by molar-refractivity contribution is -0.112. The van der Waals surface area contributed by atoms with Gasteiger partial charge in [0.15, 0.2) is 23.2 Å². The van der Waals surface area contributed by atoms with E-state index in [1.165, 1.54) is 12.3 Å². The van der Waals surface area contributed by atoms with E-state index in [0.29, 0.717) is 29.7 Å².